The maximum absolute atomic E-state index is 12.3. The summed E-state index contributed by atoms with van der Waals surface area (Å²) in [4.78, 5) is 31.8. The predicted molar refractivity (Wildman–Crippen MR) is 102 cm³/mol. The Bertz CT molecular complexity index is 772. The normalized spacial score (nSPS) is 22.0. The lowest BCUT2D eigenvalue weighted by atomic mass is 9.83. The molecule has 1 aliphatic carbocycles. The Hall–Kier alpha value is -2.68. The molecule has 0 radical (unpaired) electrons. The molecule has 0 saturated heterocycles. The van der Waals surface area contributed by atoms with Crippen LogP contribution >= 0.6 is 0 Å². The number of nitrogens with zero attached hydrogens (tertiary/aromatic N) is 2. The van der Waals surface area contributed by atoms with E-state index in [4.69, 9.17) is 0 Å². The van der Waals surface area contributed by atoms with E-state index in [0.29, 0.717) is 31.5 Å². The zero-order valence-electron chi connectivity index (χ0n) is 16.1. The Kier molecular flexibility index (Phi) is 6.80. The van der Waals surface area contributed by atoms with Gasteiger partial charge in [-0.2, -0.15) is 5.10 Å². The molecule has 2 heterocycles. The first-order valence-corrected chi connectivity index (χ1v) is 9.86. The number of aryl methyl sites for hydroxylation is 2. The van der Waals surface area contributed by atoms with E-state index in [2.05, 4.69) is 30.8 Å². The summed E-state index contributed by atoms with van der Waals surface area (Å²) in [5, 5.41) is 23.0. The van der Waals surface area contributed by atoms with Crippen molar-refractivity contribution in [2.24, 2.45) is 5.92 Å². The van der Waals surface area contributed by atoms with Gasteiger partial charge in [0.05, 0.1) is 12.1 Å². The van der Waals surface area contributed by atoms with Crippen LogP contribution in [0.15, 0.2) is 18.5 Å². The lowest BCUT2D eigenvalue weighted by Crippen LogP contribution is -2.49. The number of hydrogen-bond acceptors (Lipinski definition) is 5. The highest BCUT2D eigenvalue weighted by Gasteiger charge is 2.33. The van der Waals surface area contributed by atoms with Crippen LogP contribution in [0, 0.1) is 5.92 Å². The number of amides is 2. The van der Waals surface area contributed by atoms with E-state index in [1.807, 2.05) is 6.92 Å². The maximum atomic E-state index is 12.3. The van der Waals surface area contributed by atoms with Crippen molar-refractivity contribution in [2.75, 3.05) is 6.54 Å². The lowest BCUT2D eigenvalue weighted by molar-refractivity contribution is -0.127. The molecular weight excluding hydrogens is 360 g/mol. The van der Waals surface area contributed by atoms with Crippen LogP contribution in [-0.2, 0) is 17.6 Å². The number of rotatable bonds is 8. The van der Waals surface area contributed by atoms with E-state index >= 15 is 0 Å². The predicted octanol–water partition coefficient (Wildman–Crippen LogP) is 0.704. The Morgan fingerprint density at radius 2 is 2.21 bits per heavy atom. The second kappa shape index (κ2) is 9.50. The third kappa shape index (κ3) is 5.19. The van der Waals surface area contributed by atoms with Gasteiger partial charge in [-0.15, -0.1) is 0 Å². The summed E-state index contributed by atoms with van der Waals surface area (Å²) in [6.45, 7) is 2.55. The van der Waals surface area contributed by atoms with Gasteiger partial charge in [-0.3, -0.25) is 14.7 Å². The average molecular weight is 388 g/mol. The molecule has 2 aromatic rings. The minimum Gasteiger partial charge on any atom is -0.391 e. The third-order valence-corrected chi connectivity index (χ3v) is 5.19. The highest BCUT2D eigenvalue weighted by atomic mass is 16.3. The zero-order chi connectivity index (χ0) is 19.9. The van der Waals surface area contributed by atoms with Gasteiger partial charge in [0.15, 0.2) is 0 Å². The molecule has 2 aromatic heterocycles. The van der Waals surface area contributed by atoms with Crippen molar-refractivity contribution in [1.82, 2.24) is 30.8 Å². The largest absolute Gasteiger partial charge is 0.391 e. The number of H-pyrrole nitrogens is 2. The highest BCUT2D eigenvalue weighted by Crippen LogP contribution is 2.25. The number of aliphatic hydroxyl groups is 1. The van der Waals surface area contributed by atoms with Crippen molar-refractivity contribution in [1.29, 1.82) is 0 Å². The lowest BCUT2D eigenvalue weighted by Gasteiger charge is -2.32. The molecule has 28 heavy (non-hydrogen) atoms. The van der Waals surface area contributed by atoms with Gasteiger partial charge in [-0.25, -0.2) is 4.98 Å². The molecule has 9 nitrogen and oxygen atoms in total. The molecule has 3 atom stereocenters. The van der Waals surface area contributed by atoms with Crippen LogP contribution in [0.25, 0.3) is 0 Å². The van der Waals surface area contributed by atoms with Crippen LogP contribution in [0.1, 0.15) is 54.6 Å². The number of carbonyl (C=O) groups is 2. The van der Waals surface area contributed by atoms with Gasteiger partial charge in [-0.1, -0.05) is 6.92 Å². The SMILES string of the molecule is CCc1cc(C(=O)N[C@H]2CC[C@H](C(=O)NCCCc3ncc[nH]3)C[C@@H]2O)n[nH]1. The summed E-state index contributed by atoms with van der Waals surface area (Å²) in [5.74, 6) is 0.330. The van der Waals surface area contributed by atoms with Crippen molar-refractivity contribution in [2.45, 2.75) is 57.6 Å². The molecule has 0 unspecified atom stereocenters. The molecule has 0 bridgehead atoms. The average Bonchev–Trinajstić information content (AvgIpc) is 3.38. The number of carbonyl (C=O) groups excluding carboxylic acids is 2. The van der Waals surface area contributed by atoms with Gasteiger partial charge >= 0.3 is 0 Å². The molecule has 1 fully saturated rings. The standard InChI is InChI=1S/C19H28N6O3/c1-2-13-11-15(25-24-13)19(28)23-14-6-5-12(10-16(14)26)18(27)22-7-3-4-17-20-8-9-21-17/h8-9,11-12,14,16,26H,2-7,10H2,1H3,(H,20,21)(H,22,27)(H,23,28)(H,24,25)/t12-,14-,16-/m0/s1. The van der Waals surface area contributed by atoms with Crippen LogP contribution in [0.2, 0.25) is 0 Å². The van der Waals surface area contributed by atoms with Crippen molar-refractivity contribution in [3.05, 3.63) is 35.7 Å². The fraction of sp³-hybridized carbons (Fsp3) is 0.579. The maximum Gasteiger partial charge on any atom is 0.272 e. The van der Waals surface area contributed by atoms with Gasteiger partial charge < -0.3 is 20.7 Å². The molecule has 0 aromatic carbocycles. The van der Waals surface area contributed by atoms with Crippen molar-refractivity contribution in [3.63, 3.8) is 0 Å². The minimum atomic E-state index is -0.749. The number of aromatic nitrogens is 4. The van der Waals surface area contributed by atoms with E-state index < -0.39 is 6.10 Å². The summed E-state index contributed by atoms with van der Waals surface area (Å²) in [6.07, 6.45) is 6.62. The molecule has 2 amide bonds. The number of aliphatic hydroxyl groups excluding tert-OH is 1. The van der Waals surface area contributed by atoms with Crippen molar-refractivity contribution < 1.29 is 14.7 Å². The number of nitrogens with one attached hydrogen (secondary N) is 4. The number of hydrogen-bond donors (Lipinski definition) is 5. The molecule has 9 heteroatoms. The summed E-state index contributed by atoms with van der Waals surface area (Å²) < 4.78 is 0. The van der Waals surface area contributed by atoms with E-state index in [9.17, 15) is 14.7 Å². The van der Waals surface area contributed by atoms with Gasteiger partial charge in [0.1, 0.15) is 11.5 Å². The summed E-state index contributed by atoms with van der Waals surface area (Å²) in [5.41, 5.74) is 1.21. The fourth-order valence-electron chi connectivity index (χ4n) is 3.50. The molecule has 5 N–H and O–H groups in total. The van der Waals surface area contributed by atoms with Crippen LogP contribution in [0.3, 0.4) is 0 Å². The van der Waals surface area contributed by atoms with E-state index in [-0.39, 0.29) is 23.8 Å². The molecule has 0 aliphatic heterocycles. The molecule has 152 valence electrons. The van der Waals surface area contributed by atoms with Crippen LogP contribution in [0.4, 0.5) is 0 Å². The number of aromatic amines is 2. The van der Waals surface area contributed by atoms with Crippen molar-refractivity contribution >= 4 is 11.8 Å². The van der Waals surface area contributed by atoms with Gasteiger partial charge in [0.2, 0.25) is 5.91 Å². The Morgan fingerprint density at radius 1 is 1.36 bits per heavy atom. The fourth-order valence-corrected chi connectivity index (χ4v) is 3.50. The van der Waals surface area contributed by atoms with Crippen LogP contribution in [-0.4, -0.2) is 55.8 Å². The molecule has 1 aliphatic rings. The first-order valence-electron chi connectivity index (χ1n) is 9.86. The van der Waals surface area contributed by atoms with Gasteiger partial charge in [-0.05, 0) is 38.2 Å². The highest BCUT2D eigenvalue weighted by molar-refractivity contribution is 5.92. The number of imidazole rings is 1. The van der Waals surface area contributed by atoms with E-state index in [1.54, 1.807) is 18.5 Å². The first-order chi connectivity index (χ1) is 13.6. The van der Waals surface area contributed by atoms with Crippen LogP contribution in [0.5, 0.6) is 0 Å². The zero-order valence-corrected chi connectivity index (χ0v) is 16.1. The summed E-state index contributed by atoms with van der Waals surface area (Å²) >= 11 is 0. The van der Waals surface area contributed by atoms with Crippen molar-refractivity contribution in [3.8, 4) is 0 Å². The second-order valence-electron chi connectivity index (χ2n) is 7.22. The quantitative estimate of drug-likeness (QED) is 0.424. The smallest absolute Gasteiger partial charge is 0.272 e. The van der Waals surface area contributed by atoms with E-state index in [1.165, 1.54) is 0 Å². The Morgan fingerprint density at radius 3 is 2.89 bits per heavy atom. The monoisotopic (exact) mass is 388 g/mol. The molecule has 3 rings (SSSR count). The molecule has 1 saturated carbocycles. The first kappa shape index (κ1) is 20.1. The van der Waals surface area contributed by atoms with Gasteiger partial charge in [0, 0.05) is 37.0 Å². The summed E-state index contributed by atoms with van der Waals surface area (Å²) in [6, 6.07) is 1.35. The van der Waals surface area contributed by atoms with Crippen LogP contribution < -0.4 is 10.6 Å². The minimum absolute atomic E-state index is 0.0387. The molecular formula is C19H28N6O3. The van der Waals surface area contributed by atoms with Gasteiger partial charge in [0.25, 0.3) is 5.91 Å². The molecule has 0 spiro atoms. The topological polar surface area (TPSA) is 136 Å². The Balaban J connectivity index is 1.39. The Labute approximate surface area is 163 Å². The van der Waals surface area contributed by atoms with E-state index in [0.717, 1.165) is 30.8 Å². The second-order valence-corrected chi connectivity index (χ2v) is 7.22. The third-order valence-electron chi connectivity index (χ3n) is 5.19. The summed E-state index contributed by atoms with van der Waals surface area (Å²) in [7, 11) is 0.